The summed E-state index contributed by atoms with van der Waals surface area (Å²) in [4.78, 5) is 7.02. The molecule has 3 rings (SSSR count). The molecule has 110 valence electrons. The van der Waals surface area contributed by atoms with Crippen molar-refractivity contribution in [1.82, 2.24) is 14.7 Å². The monoisotopic (exact) mass is 306 g/mol. The molecule has 0 saturated carbocycles. The van der Waals surface area contributed by atoms with Crippen molar-refractivity contribution in [1.29, 1.82) is 0 Å². The molecule has 21 heavy (non-hydrogen) atoms. The van der Waals surface area contributed by atoms with Crippen LogP contribution in [0.5, 0.6) is 0 Å². The van der Waals surface area contributed by atoms with E-state index in [4.69, 9.17) is 10.2 Å². The fourth-order valence-corrected chi connectivity index (χ4v) is 3.21. The summed E-state index contributed by atoms with van der Waals surface area (Å²) < 4.78 is 32.4. The summed E-state index contributed by atoms with van der Waals surface area (Å²) in [6.45, 7) is 1.74. The second-order valence-electron chi connectivity index (χ2n) is 4.65. The number of H-pyrrole nitrogens is 1. The van der Waals surface area contributed by atoms with Gasteiger partial charge in [0.2, 0.25) is 15.9 Å². The van der Waals surface area contributed by atoms with Gasteiger partial charge in [0.25, 0.3) is 0 Å². The smallest absolute Gasteiger partial charge is 0.243 e. The fourth-order valence-electron chi connectivity index (χ4n) is 2.06. The van der Waals surface area contributed by atoms with Crippen LogP contribution in [0.3, 0.4) is 0 Å². The number of aromatic nitrogens is 2. The number of rotatable bonds is 4. The lowest BCUT2D eigenvalue weighted by Crippen LogP contribution is -2.23. The van der Waals surface area contributed by atoms with E-state index in [1.165, 1.54) is 12.4 Å². The highest BCUT2D eigenvalue weighted by Gasteiger charge is 2.19. The Kier molecular flexibility index (Phi) is 3.19. The lowest BCUT2D eigenvalue weighted by Gasteiger charge is -2.03. The Morgan fingerprint density at radius 3 is 2.95 bits per heavy atom. The highest BCUT2D eigenvalue weighted by molar-refractivity contribution is 7.89. The summed E-state index contributed by atoms with van der Waals surface area (Å²) in [6, 6.07) is 5.02. The highest BCUT2D eigenvalue weighted by atomic mass is 32.2. The molecule has 3 aromatic rings. The second-order valence-corrected chi connectivity index (χ2v) is 6.38. The number of nitrogens with two attached hydrogens (primary N) is 1. The standard InChI is InChI=1S/C13H14N4O3S/c1-8-5-16-13(20-8)7-17-21(18,19)12-6-15-11-4-9(14)2-3-10(11)12/h2-6,15,17H,7,14H2,1H3. The van der Waals surface area contributed by atoms with Crippen LogP contribution in [0.2, 0.25) is 0 Å². The molecule has 4 N–H and O–H groups in total. The second kappa shape index (κ2) is 4.90. The third kappa shape index (κ3) is 2.63. The lowest BCUT2D eigenvalue weighted by molar-refractivity contribution is 0.463. The van der Waals surface area contributed by atoms with Crippen molar-refractivity contribution >= 4 is 26.6 Å². The van der Waals surface area contributed by atoms with E-state index in [1.807, 2.05) is 0 Å². The summed E-state index contributed by atoms with van der Waals surface area (Å²) in [5, 5.41) is 0.584. The molecule has 0 aliphatic carbocycles. The van der Waals surface area contributed by atoms with Crippen LogP contribution in [0.1, 0.15) is 11.7 Å². The van der Waals surface area contributed by atoms with Crippen LogP contribution in [-0.2, 0) is 16.6 Å². The van der Waals surface area contributed by atoms with E-state index in [2.05, 4.69) is 14.7 Å². The Bertz CT molecular complexity index is 895. The Hall–Kier alpha value is -2.32. The van der Waals surface area contributed by atoms with Crippen molar-refractivity contribution in [2.45, 2.75) is 18.4 Å². The largest absolute Gasteiger partial charge is 0.445 e. The molecule has 2 heterocycles. The molecule has 0 atom stereocenters. The fraction of sp³-hybridized carbons (Fsp3) is 0.154. The average molecular weight is 306 g/mol. The van der Waals surface area contributed by atoms with Crippen molar-refractivity contribution in [3.05, 3.63) is 42.2 Å². The van der Waals surface area contributed by atoms with Gasteiger partial charge in [0, 0.05) is 22.8 Å². The normalized spacial score (nSPS) is 12.0. The maximum Gasteiger partial charge on any atom is 0.243 e. The number of nitrogens with zero attached hydrogens (tertiary/aromatic N) is 1. The number of nitrogens with one attached hydrogen (secondary N) is 2. The number of aryl methyl sites for hydroxylation is 1. The van der Waals surface area contributed by atoms with Gasteiger partial charge in [-0.3, -0.25) is 0 Å². The lowest BCUT2D eigenvalue weighted by atomic mass is 10.2. The summed E-state index contributed by atoms with van der Waals surface area (Å²) in [5.74, 6) is 0.951. The van der Waals surface area contributed by atoms with Crippen molar-refractivity contribution in [2.24, 2.45) is 0 Å². The molecule has 0 bridgehead atoms. The van der Waals surface area contributed by atoms with Gasteiger partial charge in [0.1, 0.15) is 10.7 Å². The van der Waals surface area contributed by atoms with Crippen LogP contribution in [0.4, 0.5) is 5.69 Å². The Labute approximate surface area is 121 Å². The quantitative estimate of drug-likeness (QED) is 0.632. The number of nitrogen functional groups attached to an aromatic ring is 1. The number of hydrogen-bond acceptors (Lipinski definition) is 5. The van der Waals surface area contributed by atoms with Gasteiger partial charge < -0.3 is 15.1 Å². The molecular weight excluding hydrogens is 292 g/mol. The van der Waals surface area contributed by atoms with Crippen molar-refractivity contribution in [3.63, 3.8) is 0 Å². The van der Waals surface area contributed by atoms with Crippen molar-refractivity contribution < 1.29 is 12.8 Å². The van der Waals surface area contributed by atoms with Gasteiger partial charge in [0.15, 0.2) is 0 Å². The van der Waals surface area contributed by atoms with E-state index in [1.54, 1.807) is 25.1 Å². The first-order valence-corrected chi connectivity index (χ1v) is 7.71. The van der Waals surface area contributed by atoms with E-state index < -0.39 is 10.0 Å². The zero-order valence-corrected chi connectivity index (χ0v) is 12.1. The molecule has 1 aromatic carbocycles. The minimum atomic E-state index is -3.67. The molecule has 0 fully saturated rings. The molecule has 2 aromatic heterocycles. The van der Waals surface area contributed by atoms with E-state index >= 15 is 0 Å². The predicted molar refractivity (Wildman–Crippen MR) is 78.0 cm³/mol. The topological polar surface area (TPSA) is 114 Å². The van der Waals surface area contributed by atoms with Crippen molar-refractivity contribution in [2.75, 3.05) is 5.73 Å². The zero-order valence-electron chi connectivity index (χ0n) is 11.3. The molecule has 0 aliphatic heterocycles. The van der Waals surface area contributed by atoms with Crippen LogP contribution < -0.4 is 10.5 Å². The van der Waals surface area contributed by atoms with Crippen LogP contribution >= 0.6 is 0 Å². The number of benzene rings is 1. The van der Waals surface area contributed by atoms with Gasteiger partial charge in [-0.25, -0.2) is 18.1 Å². The van der Waals surface area contributed by atoms with E-state index in [-0.39, 0.29) is 11.4 Å². The van der Waals surface area contributed by atoms with E-state index in [0.717, 1.165) is 0 Å². The molecular formula is C13H14N4O3S. The molecule has 0 radical (unpaired) electrons. The van der Waals surface area contributed by atoms with Crippen LogP contribution in [0.15, 0.2) is 39.9 Å². The third-order valence-corrected chi connectivity index (χ3v) is 4.48. The summed E-state index contributed by atoms with van der Waals surface area (Å²) in [7, 11) is -3.67. The minimum absolute atomic E-state index is 0.00216. The summed E-state index contributed by atoms with van der Waals surface area (Å²) in [6.07, 6.45) is 2.98. The number of sulfonamides is 1. The van der Waals surface area contributed by atoms with E-state index in [0.29, 0.717) is 28.2 Å². The molecule has 0 amide bonds. The molecule has 0 unspecified atom stereocenters. The number of aromatic amines is 1. The van der Waals surface area contributed by atoms with Gasteiger partial charge in [-0.2, -0.15) is 0 Å². The van der Waals surface area contributed by atoms with E-state index in [9.17, 15) is 8.42 Å². The molecule has 0 saturated heterocycles. The number of oxazole rings is 1. The van der Waals surface area contributed by atoms with Gasteiger partial charge in [0.05, 0.1) is 12.7 Å². The Morgan fingerprint density at radius 1 is 1.43 bits per heavy atom. The Balaban J connectivity index is 1.89. The van der Waals surface area contributed by atoms with Gasteiger partial charge in [-0.05, 0) is 25.1 Å². The van der Waals surface area contributed by atoms with Gasteiger partial charge in [-0.1, -0.05) is 0 Å². The van der Waals surface area contributed by atoms with Crippen molar-refractivity contribution in [3.8, 4) is 0 Å². The number of hydrogen-bond donors (Lipinski definition) is 3. The van der Waals surface area contributed by atoms with Crippen LogP contribution in [0, 0.1) is 6.92 Å². The Morgan fingerprint density at radius 2 is 2.24 bits per heavy atom. The number of anilines is 1. The maximum absolute atomic E-state index is 12.3. The first-order valence-electron chi connectivity index (χ1n) is 6.23. The third-order valence-electron chi connectivity index (χ3n) is 3.04. The first kappa shape index (κ1) is 13.7. The summed E-state index contributed by atoms with van der Waals surface area (Å²) >= 11 is 0. The average Bonchev–Trinajstić information content (AvgIpc) is 3.02. The first-order chi connectivity index (χ1) is 9.95. The van der Waals surface area contributed by atoms with Gasteiger partial charge in [-0.15, -0.1) is 0 Å². The number of fused-ring (bicyclic) bond motifs is 1. The summed E-state index contributed by atoms with van der Waals surface area (Å²) in [5.41, 5.74) is 6.91. The molecule has 0 spiro atoms. The van der Waals surface area contributed by atoms with Crippen LogP contribution in [-0.4, -0.2) is 18.4 Å². The molecule has 7 nitrogen and oxygen atoms in total. The molecule has 0 aliphatic rings. The maximum atomic E-state index is 12.3. The highest BCUT2D eigenvalue weighted by Crippen LogP contribution is 2.24. The minimum Gasteiger partial charge on any atom is -0.445 e. The zero-order chi connectivity index (χ0) is 15.0. The molecule has 8 heteroatoms. The van der Waals surface area contributed by atoms with Crippen LogP contribution in [0.25, 0.3) is 10.9 Å². The van der Waals surface area contributed by atoms with Gasteiger partial charge >= 0.3 is 0 Å². The SMILES string of the molecule is Cc1cnc(CNS(=O)(=O)c2c[nH]c3cc(N)ccc23)o1. The predicted octanol–water partition coefficient (Wildman–Crippen LogP) is 1.53.